The van der Waals surface area contributed by atoms with Crippen molar-refractivity contribution in [2.75, 3.05) is 11.1 Å². The summed E-state index contributed by atoms with van der Waals surface area (Å²) in [5.74, 6) is 0.0860. The van der Waals surface area contributed by atoms with Crippen molar-refractivity contribution in [1.82, 2.24) is 0 Å². The highest BCUT2D eigenvalue weighted by molar-refractivity contribution is 5.99. The van der Waals surface area contributed by atoms with Gasteiger partial charge in [-0.05, 0) is 36.6 Å². The number of fused-ring (bicyclic) bond motifs is 1. The molecule has 1 aromatic carbocycles. The van der Waals surface area contributed by atoms with Crippen molar-refractivity contribution in [3.63, 3.8) is 0 Å². The van der Waals surface area contributed by atoms with E-state index < -0.39 is 0 Å². The van der Waals surface area contributed by atoms with E-state index in [0.29, 0.717) is 0 Å². The highest BCUT2D eigenvalue weighted by Crippen LogP contribution is 2.36. The van der Waals surface area contributed by atoms with Crippen molar-refractivity contribution in [1.29, 1.82) is 0 Å². The molecular weight excluding hydrogens is 188 g/mol. The first-order chi connectivity index (χ1) is 6.90. The Labute approximate surface area is 89.7 Å². The third-order valence-corrected chi connectivity index (χ3v) is 2.93. The molecule has 0 aliphatic carbocycles. The monoisotopic (exact) mass is 204 g/mol. The summed E-state index contributed by atoms with van der Waals surface area (Å²) in [6.07, 6.45) is 0.750. The average molecular weight is 204 g/mol. The molecule has 3 heteroatoms. The summed E-state index contributed by atoms with van der Waals surface area (Å²) >= 11 is 0. The van der Waals surface area contributed by atoms with Gasteiger partial charge in [0, 0.05) is 16.8 Å². The van der Waals surface area contributed by atoms with Crippen LogP contribution in [0.2, 0.25) is 0 Å². The minimum absolute atomic E-state index is 0.0860. The number of nitrogens with two attached hydrogens (primary N) is 1. The molecule has 0 aromatic heterocycles. The molecule has 2 rings (SSSR count). The molecule has 0 atom stereocenters. The molecule has 15 heavy (non-hydrogen) atoms. The van der Waals surface area contributed by atoms with Crippen LogP contribution < -0.4 is 11.1 Å². The van der Waals surface area contributed by atoms with E-state index >= 15 is 0 Å². The second kappa shape index (κ2) is 2.99. The Hall–Kier alpha value is -1.51. The van der Waals surface area contributed by atoms with Crippen LogP contribution in [0.4, 0.5) is 11.4 Å². The van der Waals surface area contributed by atoms with Gasteiger partial charge >= 0.3 is 0 Å². The van der Waals surface area contributed by atoms with Gasteiger partial charge in [0.25, 0.3) is 0 Å². The maximum absolute atomic E-state index is 11.8. The van der Waals surface area contributed by atoms with Crippen LogP contribution in [0.1, 0.15) is 25.0 Å². The van der Waals surface area contributed by atoms with Gasteiger partial charge in [-0.2, -0.15) is 0 Å². The molecule has 0 bridgehead atoms. The second-order valence-corrected chi connectivity index (χ2v) is 4.89. The Balaban J connectivity index is 2.55. The van der Waals surface area contributed by atoms with Crippen LogP contribution >= 0.6 is 0 Å². The number of rotatable bonds is 0. The van der Waals surface area contributed by atoms with Crippen LogP contribution in [0.3, 0.4) is 0 Å². The fraction of sp³-hybridized carbons (Fsp3) is 0.417. The number of hydrogen-bond donors (Lipinski definition) is 2. The van der Waals surface area contributed by atoms with Gasteiger partial charge in [-0.1, -0.05) is 13.8 Å². The third kappa shape index (κ3) is 1.58. The number of carbonyl (C=O) groups is 1. The quantitative estimate of drug-likeness (QED) is 0.636. The fourth-order valence-electron chi connectivity index (χ4n) is 2.05. The van der Waals surface area contributed by atoms with Crippen molar-refractivity contribution in [2.24, 2.45) is 5.41 Å². The van der Waals surface area contributed by atoms with Crippen LogP contribution in [0, 0.1) is 12.3 Å². The summed E-state index contributed by atoms with van der Waals surface area (Å²) in [6.45, 7) is 5.86. The number of amides is 1. The van der Waals surface area contributed by atoms with E-state index in [-0.39, 0.29) is 11.3 Å². The van der Waals surface area contributed by atoms with Crippen LogP contribution in [0.15, 0.2) is 12.1 Å². The molecule has 1 aromatic rings. The lowest BCUT2D eigenvalue weighted by Crippen LogP contribution is -2.37. The first-order valence-corrected chi connectivity index (χ1v) is 5.10. The van der Waals surface area contributed by atoms with E-state index in [1.54, 1.807) is 0 Å². The molecule has 1 aliphatic rings. The molecule has 0 saturated carbocycles. The zero-order chi connectivity index (χ0) is 11.2. The summed E-state index contributed by atoms with van der Waals surface area (Å²) in [6, 6.07) is 3.83. The Morgan fingerprint density at radius 2 is 2.07 bits per heavy atom. The number of anilines is 2. The minimum atomic E-state index is -0.340. The smallest absolute Gasteiger partial charge is 0.230 e. The second-order valence-electron chi connectivity index (χ2n) is 4.89. The zero-order valence-corrected chi connectivity index (χ0v) is 9.35. The van der Waals surface area contributed by atoms with Gasteiger partial charge in [0.1, 0.15) is 0 Å². The third-order valence-electron chi connectivity index (χ3n) is 2.93. The van der Waals surface area contributed by atoms with Crippen LogP contribution in [0.25, 0.3) is 0 Å². The molecule has 1 heterocycles. The molecular formula is C12H16N2O. The maximum atomic E-state index is 11.8. The van der Waals surface area contributed by atoms with E-state index in [9.17, 15) is 4.79 Å². The van der Waals surface area contributed by atoms with Gasteiger partial charge in [0.2, 0.25) is 5.91 Å². The first kappa shape index (κ1) is 10.0. The Morgan fingerprint density at radius 1 is 1.40 bits per heavy atom. The van der Waals surface area contributed by atoms with E-state index in [1.165, 1.54) is 0 Å². The van der Waals surface area contributed by atoms with Gasteiger partial charge in [-0.3, -0.25) is 4.79 Å². The number of nitrogens with one attached hydrogen (secondary N) is 1. The van der Waals surface area contributed by atoms with Crippen molar-refractivity contribution in [3.05, 3.63) is 23.3 Å². The summed E-state index contributed by atoms with van der Waals surface area (Å²) in [4.78, 5) is 11.8. The molecule has 0 unspecified atom stereocenters. The predicted molar refractivity (Wildman–Crippen MR) is 61.7 cm³/mol. The van der Waals surface area contributed by atoms with Crippen molar-refractivity contribution in [2.45, 2.75) is 27.2 Å². The highest BCUT2D eigenvalue weighted by atomic mass is 16.2. The van der Waals surface area contributed by atoms with Crippen molar-refractivity contribution < 1.29 is 4.79 Å². The van der Waals surface area contributed by atoms with E-state index in [2.05, 4.69) is 5.32 Å². The molecule has 3 N–H and O–H groups in total. The molecule has 0 spiro atoms. The molecule has 80 valence electrons. The Morgan fingerprint density at radius 3 is 2.73 bits per heavy atom. The zero-order valence-electron chi connectivity index (χ0n) is 9.35. The summed E-state index contributed by atoms with van der Waals surface area (Å²) in [5.41, 5.74) is 9.33. The lowest BCUT2D eigenvalue weighted by atomic mass is 9.80. The number of carbonyl (C=O) groups excluding carboxylic acids is 1. The average Bonchev–Trinajstić information content (AvgIpc) is 2.08. The van der Waals surface area contributed by atoms with Crippen molar-refractivity contribution >= 4 is 17.3 Å². The van der Waals surface area contributed by atoms with Gasteiger partial charge in [0.15, 0.2) is 0 Å². The minimum Gasteiger partial charge on any atom is -0.399 e. The lowest BCUT2D eigenvalue weighted by molar-refractivity contribution is -0.124. The Kier molecular flexibility index (Phi) is 2.00. The van der Waals surface area contributed by atoms with E-state index in [1.807, 2.05) is 32.9 Å². The van der Waals surface area contributed by atoms with E-state index in [0.717, 1.165) is 28.9 Å². The molecule has 0 radical (unpaired) electrons. The first-order valence-electron chi connectivity index (χ1n) is 5.10. The molecule has 0 fully saturated rings. The summed E-state index contributed by atoms with van der Waals surface area (Å²) in [7, 11) is 0. The summed E-state index contributed by atoms with van der Waals surface area (Å²) < 4.78 is 0. The fourth-order valence-corrected chi connectivity index (χ4v) is 2.05. The van der Waals surface area contributed by atoms with E-state index in [4.69, 9.17) is 5.73 Å². The lowest BCUT2D eigenvalue weighted by Gasteiger charge is -2.31. The molecule has 3 nitrogen and oxygen atoms in total. The van der Waals surface area contributed by atoms with Gasteiger partial charge in [-0.15, -0.1) is 0 Å². The normalized spacial score (nSPS) is 18.2. The predicted octanol–water partition coefficient (Wildman–Crippen LogP) is 2.10. The number of aryl methyl sites for hydroxylation is 1. The van der Waals surface area contributed by atoms with Crippen molar-refractivity contribution in [3.8, 4) is 0 Å². The Bertz CT molecular complexity index is 435. The number of benzene rings is 1. The van der Waals surface area contributed by atoms with Gasteiger partial charge in [0.05, 0.1) is 0 Å². The largest absolute Gasteiger partial charge is 0.399 e. The van der Waals surface area contributed by atoms with Gasteiger partial charge < -0.3 is 11.1 Å². The van der Waals surface area contributed by atoms with Crippen LogP contribution in [0.5, 0.6) is 0 Å². The van der Waals surface area contributed by atoms with Gasteiger partial charge in [-0.25, -0.2) is 0 Å². The van der Waals surface area contributed by atoms with Crippen LogP contribution in [-0.4, -0.2) is 5.91 Å². The maximum Gasteiger partial charge on any atom is 0.230 e. The molecule has 0 saturated heterocycles. The molecule has 1 aliphatic heterocycles. The summed E-state index contributed by atoms with van der Waals surface area (Å²) in [5, 5.41) is 2.95. The topological polar surface area (TPSA) is 55.1 Å². The molecule has 1 amide bonds. The number of hydrogen-bond acceptors (Lipinski definition) is 2. The highest BCUT2D eigenvalue weighted by Gasteiger charge is 2.34. The SMILES string of the molecule is Cc1cc(N)cc2c1NC(=O)C(C)(C)C2. The number of nitrogen functional groups attached to an aromatic ring is 1. The van der Waals surface area contributed by atoms with Crippen LogP contribution in [-0.2, 0) is 11.2 Å². The standard InChI is InChI=1S/C12H16N2O/c1-7-4-9(13)5-8-6-12(2,3)11(15)14-10(7)8/h4-5H,6,13H2,1-3H3,(H,14,15).